The number of carbonyl (C=O) groups excluding carboxylic acids is 1. The van der Waals surface area contributed by atoms with E-state index in [-0.39, 0.29) is 12.1 Å². The Morgan fingerprint density at radius 1 is 1.38 bits per heavy atom. The van der Waals surface area contributed by atoms with Gasteiger partial charge in [-0.25, -0.2) is 9.78 Å². The van der Waals surface area contributed by atoms with Gasteiger partial charge in [0.15, 0.2) is 0 Å². The van der Waals surface area contributed by atoms with Gasteiger partial charge in [0.05, 0.1) is 23.0 Å². The number of para-hydroxylation sites is 2. The SMILES string of the molecule is CC(C)(C)OC(=O)N1CCC[C@@H]1Cn1c(CCl)nc2ccccc21. The van der Waals surface area contributed by atoms with Gasteiger partial charge >= 0.3 is 6.09 Å². The summed E-state index contributed by atoms with van der Waals surface area (Å²) in [6, 6.07) is 8.12. The van der Waals surface area contributed by atoms with Crippen LogP contribution in [-0.2, 0) is 17.2 Å². The lowest BCUT2D eigenvalue weighted by Gasteiger charge is -2.29. The van der Waals surface area contributed by atoms with E-state index >= 15 is 0 Å². The number of benzene rings is 1. The smallest absolute Gasteiger partial charge is 0.410 e. The van der Waals surface area contributed by atoms with E-state index in [0.717, 1.165) is 36.2 Å². The molecule has 1 aromatic carbocycles. The number of amides is 1. The van der Waals surface area contributed by atoms with Crippen molar-refractivity contribution in [2.75, 3.05) is 6.54 Å². The van der Waals surface area contributed by atoms with Crippen LogP contribution >= 0.6 is 11.6 Å². The zero-order valence-corrected chi connectivity index (χ0v) is 15.2. The molecular formula is C18H24ClN3O2. The number of aromatic nitrogens is 2. The molecule has 3 rings (SSSR count). The fraction of sp³-hybridized carbons (Fsp3) is 0.556. The molecule has 1 amide bonds. The lowest BCUT2D eigenvalue weighted by molar-refractivity contribution is 0.0214. The van der Waals surface area contributed by atoms with E-state index in [0.29, 0.717) is 12.4 Å². The van der Waals surface area contributed by atoms with Crippen molar-refractivity contribution < 1.29 is 9.53 Å². The zero-order chi connectivity index (χ0) is 17.3. The normalized spacial score (nSPS) is 18.3. The van der Waals surface area contributed by atoms with Gasteiger partial charge < -0.3 is 14.2 Å². The Bertz CT molecular complexity index is 735. The van der Waals surface area contributed by atoms with Crippen LogP contribution in [-0.4, -0.2) is 38.7 Å². The highest BCUT2D eigenvalue weighted by Crippen LogP contribution is 2.25. The fourth-order valence-corrected chi connectivity index (χ4v) is 3.43. The van der Waals surface area contributed by atoms with Crippen LogP contribution in [0.3, 0.4) is 0 Å². The minimum Gasteiger partial charge on any atom is -0.444 e. The van der Waals surface area contributed by atoms with Crippen molar-refractivity contribution in [3.8, 4) is 0 Å². The molecular weight excluding hydrogens is 326 g/mol. The third-order valence-electron chi connectivity index (χ3n) is 4.25. The van der Waals surface area contributed by atoms with Crippen molar-refractivity contribution in [3.63, 3.8) is 0 Å². The van der Waals surface area contributed by atoms with Crippen LogP contribution in [0.1, 0.15) is 39.4 Å². The summed E-state index contributed by atoms with van der Waals surface area (Å²) in [6.45, 7) is 7.12. The van der Waals surface area contributed by atoms with Gasteiger partial charge in [-0.05, 0) is 45.7 Å². The number of halogens is 1. The van der Waals surface area contributed by atoms with Gasteiger partial charge in [0.25, 0.3) is 0 Å². The lowest BCUT2D eigenvalue weighted by Crippen LogP contribution is -2.41. The molecule has 130 valence electrons. The summed E-state index contributed by atoms with van der Waals surface area (Å²) in [7, 11) is 0. The highest BCUT2D eigenvalue weighted by Gasteiger charge is 2.33. The van der Waals surface area contributed by atoms with Gasteiger partial charge in [0, 0.05) is 13.1 Å². The average Bonchev–Trinajstić information content (AvgIpc) is 3.11. The van der Waals surface area contributed by atoms with Gasteiger partial charge in [0.2, 0.25) is 0 Å². The maximum Gasteiger partial charge on any atom is 0.410 e. The van der Waals surface area contributed by atoms with Crippen molar-refractivity contribution in [1.82, 2.24) is 14.5 Å². The summed E-state index contributed by atoms with van der Waals surface area (Å²) >= 11 is 6.09. The van der Waals surface area contributed by atoms with Gasteiger partial charge in [-0.2, -0.15) is 0 Å². The second-order valence-corrected chi connectivity index (χ2v) is 7.50. The summed E-state index contributed by atoms with van der Waals surface area (Å²) < 4.78 is 7.69. The number of likely N-dealkylation sites (tertiary alicyclic amines) is 1. The minimum absolute atomic E-state index is 0.111. The van der Waals surface area contributed by atoms with E-state index in [9.17, 15) is 4.79 Å². The van der Waals surface area contributed by atoms with E-state index < -0.39 is 5.60 Å². The molecule has 1 atom stereocenters. The Morgan fingerprint density at radius 2 is 2.12 bits per heavy atom. The van der Waals surface area contributed by atoms with E-state index in [1.165, 1.54) is 0 Å². The van der Waals surface area contributed by atoms with Gasteiger partial charge in [0.1, 0.15) is 11.4 Å². The van der Waals surface area contributed by atoms with E-state index in [1.807, 2.05) is 49.9 Å². The van der Waals surface area contributed by atoms with Crippen LogP contribution in [0, 0.1) is 0 Å². The quantitative estimate of drug-likeness (QED) is 0.781. The molecule has 6 heteroatoms. The highest BCUT2D eigenvalue weighted by atomic mass is 35.5. The standard InChI is InChI=1S/C18H24ClN3O2/c1-18(2,3)24-17(23)21-10-6-7-13(21)12-22-15-9-5-4-8-14(15)20-16(22)11-19/h4-5,8-9,13H,6-7,10-12H2,1-3H3/t13-/m1/s1. The molecule has 0 aliphatic carbocycles. The summed E-state index contributed by atoms with van der Waals surface area (Å²) in [5, 5.41) is 0. The Hall–Kier alpha value is -1.75. The van der Waals surface area contributed by atoms with Gasteiger partial charge in [-0.1, -0.05) is 12.1 Å². The predicted molar refractivity (Wildman–Crippen MR) is 95.3 cm³/mol. The van der Waals surface area contributed by atoms with Crippen molar-refractivity contribution in [2.24, 2.45) is 0 Å². The summed E-state index contributed by atoms with van der Waals surface area (Å²) in [6.07, 6.45) is 1.72. The van der Waals surface area contributed by atoms with Crippen molar-refractivity contribution in [3.05, 3.63) is 30.1 Å². The molecule has 0 N–H and O–H groups in total. The molecule has 24 heavy (non-hydrogen) atoms. The van der Waals surface area contributed by atoms with Crippen LogP contribution in [0.4, 0.5) is 4.79 Å². The van der Waals surface area contributed by atoms with Crippen LogP contribution < -0.4 is 0 Å². The summed E-state index contributed by atoms with van der Waals surface area (Å²) in [5.41, 5.74) is 1.52. The Morgan fingerprint density at radius 3 is 2.83 bits per heavy atom. The molecule has 0 bridgehead atoms. The fourth-order valence-electron chi connectivity index (χ4n) is 3.23. The number of fused-ring (bicyclic) bond motifs is 1. The average molecular weight is 350 g/mol. The molecule has 0 unspecified atom stereocenters. The Kier molecular flexibility index (Phi) is 4.72. The van der Waals surface area contributed by atoms with E-state index in [2.05, 4.69) is 9.55 Å². The molecule has 0 radical (unpaired) electrons. The number of carbonyl (C=O) groups is 1. The molecule has 1 fully saturated rings. The molecule has 1 aliphatic rings. The first-order valence-electron chi connectivity index (χ1n) is 8.39. The number of hydrogen-bond donors (Lipinski definition) is 0. The number of alkyl halides is 1. The minimum atomic E-state index is -0.479. The summed E-state index contributed by atoms with van der Waals surface area (Å²) in [4.78, 5) is 18.9. The third-order valence-corrected chi connectivity index (χ3v) is 4.49. The molecule has 5 nitrogen and oxygen atoms in total. The first kappa shape index (κ1) is 17.1. The number of imidazole rings is 1. The molecule has 2 heterocycles. The molecule has 2 aromatic rings. The van der Waals surface area contributed by atoms with Crippen molar-refractivity contribution in [1.29, 1.82) is 0 Å². The predicted octanol–water partition coefficient (Wildman–Crippen LogP) is 4.17. The topological polar surface area (TPSA) is 47.4 Å². The van der Waals surface area contributed by atoms with Gasteiger partial charge in [-0.15, -0.1) is 11.6 Å². The third kappa shape index (κ3) is 3.51. The Balaban J connectivity index is 1.84. The maximum atomic E-state index is 12.5. The van der Waals surface area contributed by atoms with Crippen LogP contribution in [0.2, 0.25) is 0 Å². The molecule has 0 saturated carbocycles. The van der Waals surface area contributed by atoms with Crippen molar-refractivity contribution in [2.45, 2.75) is 57.7 Å². The lowest BCUT2D eigenvalue weighted by atomic mass is 10.2. The van der Waals surface area contributed by atoms with E-state index in [1.54, 1.807) is 0 Å². The highest BCUT2D eigenvalue weighted by molar-refractivity contribution is 6.16. The second-order valence-electron chi connectivity index (χ2n) is 7.23. The zero-order valence-electron chi connectivity index (χ0n) is 14.5. The van der Waals surface area contributed by atoms with Crippen molar-refractivity contribution >= 4 is 28.7 Å². The molecule has 1 aromatic heterocycles. The molecule has 1 saturated heterocycles. The first-order chi connectivity index (χ1) is 11.4. The molecule has 0 spiro atoms. The second kappa shape index (κ2) is 6.63. The Labute approximate surface area is 147 Å². The molecule has 1 aliphatic heterocycles. The van der Waals surface area contributed by atoms with Gasteiger partial charge in [-0.3, -0.25) is 0 Å². The van der Waals surface area contributed by atoms with Crippen LogP contribution in [0.15, 0.2) is 24.3 Å². The largest absolute Gasteiger partial charge is 0.444 e. The number of rotatable bonds is 3. The number of nitrogens with zero attached hydrogens (tertiary/aromatic N) is 3. The van der Waals surface area contributed by atoms with Crippen LogP contribution in [0.5, 0.6) is 0 Å². The number of hydrogen-bond acceptors (Lipinski definition) is 3. The van der Waals surface area contributed by atoms with Crippen LogP contribution in [0.25, 0.3) is 11.0 Å². The van der Waals surface area contributed by atoms with E-state index in [4.69, 9.17) is 16.3 Å². The maximum absolute atomic E-state index is 12.5. The monoisotopic (exact) mass is 349 g/mol. The summed E-state index contributed by atoms with van der Waals surface area (Å²) in [5.74, 6) is 1.20. The first-order valence-corrected chi connectivity index (χ1v) is 8.92. The number of ether oxygens (including phenoxy) is 1.